The zero-order valence-corrected chi connectivity index (χ0v) is 13.1. The molecule has 2 heterocycles. The first-order valence-corrected chi connectivity index (χ1v) is 7.77. The Labute approximate surface area is 131 Å². The maximum absolute atomic E-state index is 12.0. The van der Waals surface area contributed by atoms with Crippen LogP contribution in [0, 0.1) is 12.8 Å². The van der Waals surface area contributed by atoms with Gasteiger partial charge >= 0.3 is 5.97 Å². The fraction of sp³-hybridized carbons (Fsp3) is 0.333. The van der Waals surface area contributed by atoms with Crippen LogP contribution in [-0.4, -0.2) is 22.6 Å². The first kappa shape index (κ1) is 14.6. The molecule has 0 saturated heterocycles. The van der Waals surface area contributed by atoms with Gasteiger partial charge in [-0.2, -0.15) is 0 Å². The van der Waals surface area contributed by atoms with Crippen molar-refractivity contribution in [1.82, 2.24) is 4.98 Å². The number of nitrogens with one attached hydrogen (secondary N) is 1. The second kappa shape index (κ2) is 5.84. The van der Waals surface area contributed by atoms with E-state index in [4.69, 9.17) is 0 Å². The average molecular weight is 317 g/mol. The highest BCUT2D eigenvalue weighted by Crippen LogP contribution is 2.25. The van der Waals surface area contributed by atoms with Gasteiger partial charge in [0.15, 0.2) is 0 Å². The zero-order valence-electron chi connectivity index (χ0n) is 12.3. The van der Waals surface area contributed by atoms with Crippen LogP contribution < -0.4 is 5.32 Å². The molecule has 3 rings (SSSR count). The van der Waals surface area contributed by atoms with Crippen molar-refractivity contribution in [2.75, 3.05) is 5.32 Å². The summed E-state index contributed by atoms with van der Waals surface area (Å²) in [6, 6.07) is 5.63. The summed E-state index contributed by atoms with van der Waals surface area (Å²) in [6.45, 7) is 3.68. The zero-order chi connectivity index (χ0) is 15.7. The number of hydrogen-bond acceptors (Lipinski definition) is 6. The molecule has 22 heavy (non-hydrogen) atoms. The molecule has 1 unspecified atom stereocenters. The lowest BCUT2D eigenvalue weighted by Gasteiger charge is -2.07. The van der Waals surface area contributed by atoms with Crippen LogP contribution in [-0.2, 0) is 14.4 Å². The number of fused-ring (bicyclic) bond motifs is 1. The Morgan fingerprint density at radius 2 is 2.23 bits per heavy atom. The Kier molecular flexibility index (Phi) is 3.89. The quantitative estimate of drug-likeness (QED) is 0.879. The van der Waals surface area contributed by atoms with E-state index >= 15 is 0 Å². The number of aryl methyl sites for hydroxylation is 1. The topological polar surface area (TPSA) is 80.6 Å². The summed E-state index contributed by atoms with van der Waals surface area (Å²) in [6.07, 6.45) is 0.647. The highest BCUT2D eigenvalue weighted by molar-refractivity contribution is 7.18. The van der Waals surface area contributed by atoms with E-state index in [0.717, 1.165) is 20.9 Å². The highest BCUT2D eigenvalue weighted by atomic mass is 32.1. The van der Waals surface area contributed by atoms with E-state index in [0.29, 0.717) is 12.1 Å². The van der Waals surface area contributed by atoms with Gasteiger partial charge in [-0.3, -0.25) is 4.79 Å². The standard InChI is InChI=1S/C15H15N3O3S/c1-8-11(15(20)21-18-8)4-6-14(19)17-10-3-5-12-13(7-10)22-9(2)16-12/h3,5,7,11H,4,6H2,1-2H3,(H,17,19). The number of amides is 1. The molecule has 1 aliphatic rings. The van der Waals surface area contributed by atoms with Gasteiger partial charge in [-0.1, -0.05) is 5.16 Å². The molecule has 1 atom stereocenters. The Hall–Kier alpha value is -2.28. The molecule has 6 nitrogen and oxygen atoms in total. The van der Waals surface area contributed by atoms with Gasteiger partial charge in [0.1, 0.15) is 5.92 Å². The molecule has 1 N–H and O–H groups in total. The molecule has 0 spiro atoms. The molecule has 0 fully saturated rings. The predicted molar refractivity (Wildman–Crippen MR) is 84.9 cm³/mol. The Balaban J connectivity index is 1.60. The number of thiazole rings is 1. The Morgan fingerprint density at radius 1 is 1.41 bits per heavy atom. The number of anilines is 1. The minimum absolute atomic E-state index is 0.131. The summed E-state index contributed by atoms with van der Waals surface area (Å²) < 4.78 is 1.04. The minimum Gasteiger partial charge on any atom is -0.326 e. The lowest BCUT2D eigenvalue weighted by molar-refractivity contribution is -0.143. The van der Waals surface area contributed by atoms with E-state index in [9.17, 15) is 9.59 Å². The fourth-order valence-electron chi connectivity index (χ4n) is 2.36. The van der Waals surface area contributed by atoms with E-state index < -0.39 is 5.92 Å². The molecule has 0 radical (unpaired) electrons. The van der Waals surface area contributed by atoms with Crippen LogP contribution in [0.5, 0.6) is 0 Å². The number of rotatable bonds is 4. The van der Waals surface area contributed by atoms with Gasteiger partial charge in [0.25, 0.3) is 0 Å². The van der Waals surface area contributed by atoms with E-state index in [-0.39, 0.29) is 18.3 Å². The average Bonchev–Trinajstić information content (AvgIpc) is 2.98. The van der Waals surface area contributed by atoms with Gasteiger partial charge in [0.05, 0.1) is 20.9 Å². The second-order valence-corrected chi connectivity index (χ2v) is 6.43. The van der Waals surface area contributed by atoms with Crippen LogP contribution in [0.15, 0.2) is 23.4 Å². The van der Waals surface area contributed by atoms with Crippen molar-refractivity contribution < 1.29 is 14.4 Å². The summed E-state index contributed by atoms with van der Waals surface area (Å²) in [5, 5.41) is 7.47. The van der Waals surface area contributed by atoms with Crippen molar-refractivity contribution in [2.24, 2.45) is 11.1 Å². The lowest BCUT2D eigenvalue weighted by atomic mass is 9.99. The van der Waals surface area contributed by atoms with Gasteiger partial charge in [-0.25, -0.2) is 9.78 Å². The van der Waals surface area contributed by atoms with Crippen molar-refractivity contribution in [2.45, 2.75) is 26.7 Å². The van der Waals surface area contributed by atoms with Gasteiger partial charge < -0.3 is 10.2 Å². The van der Waals surface area contributed by atoms with Crippen LogP contribution >= 0.6 is 11.3 Å². The summed E-state index contributed by atoms with van der Waals surface area (Å²) in [4.78, 5) is 32.4. The molecule has 7 heteroatoms. The van der Waals surface area contributed by atoms with Crippen molar-refractivity contribution in [1.29, 1.82) is 0 Å². The molecule has 1 amide bonds. The van der Waals surface area contributed by atoms with Gasteiger partial charge in [-0.15, -0.1) is 11.3 Å². The van der Waals surface area contributed by atoms with E-state index in [1.807, 2.05) is 25.1 Å². The van der Waals surface area contributed by atoms with E-state index in [1.54, 1.807) is 18.3 Å². The highest BCUT2D eigenvalue weighted by Gasteiger charge is 2.29. The largest absolute Gasteiger partial charge is 0.343 e. The van der Waals surface area contributed by atoms with Crippen molar-refractivity contribution in [3.63, 3.8) is 0 Å². The third-order valence-corrected chi connectivity index (χ3v) is 4.44. The van der Waals surface area contributed by atoms with Crippen molar-refractivity contribution in [3.8, 4) is 0 Å². The van der Waals surface area contributed by atoms with Crippen LogP contribution in [0.1, 0.15) is 24.8 Å². The third-order valence-electron chi connectivity index (χ3n) is 3.51. The number of aromatic nitrogens is 1. The maximum Gasteiger partial charge on any atom is 0.343 e. The van der Waals surface area contributed by atoms with Crippen LogP contribution in [0.4, 0.5) is 5.69 Å². The second-order valence-electron chi connectivity index (χ2n) is 5.20. The van der Waals surface area contributed by atoms with Crippen LogP contribution in [0.2, 0.25) is 0 Å². The molecule has 1 aliphatic heterocycles. The number of hydrogen-bond donors (Lipinski definition) is 1. The summed E-state index contributed by atoms with van der Waals surface area (Å²) >= 11 is 1.59. The van der Waals surface area contributed by atoms with Crippen LogP contribution in [0.25, 0.3) is 10.2 Å². The van der Waals surface area contributed by atoms with Gasteiger partial charge in [0, 0.05) is 12.1 Å². The summed E-state index contributed by atoms with van der Waals surface area (Å²) in [5.41, 5.74) is 2.29. The number of oxime groups is 1. The molecule has 1 aromatic heterocycles. The number of carbonyl (C=O) groups excluding carboxylic acids is 2. The van der Waals surface area contributed by atoms with E-state index in [2.05, 4.69) is 20.3 Å². The summed E-state index contributed by atoms with van der Waals surface area (Å²) in [7, 11) is 0. The minimum atomic E-state index is -0.405. The first-order chi connectivity index (χ1) is 10.5. The molecular formula is C15H15N3O3S. The van der Waals surface area contributed by atoms with Gasteiger partial charge in [-0.05, 0) is 38.5 Å². The monoisotopic (exact) mass is 317 g/mol. The molecule has 0 aliphatic carbocycles. The molecule has 0 saturated carbocycles. The normalized spacial score (nSPS) is 17.5. The predicted octanol–water partition coefficient (Wildman–Crippen LogP) is 2.87. The van der Waals surface area contributed by atoms with Gasteiger partial charge in [0.2, 0.25) is 5.91 Å². The first-order valence-electron chi connectivity index (χ1n) is 6.95. The SMILES string of the molecule is CC1=NOC(=O)C1CCC(=O)Nc1ccc2nc(C)sc2c1. The number of carbonyl (C=O) groups is 2. The van der Waals surface area contributed by atoms with Crippen LogP contribution in [0.3, 0.4) is 0 Å². The van der Waals surface area contributed by atoms with E-state index in [1.165, 1.54) is 0 Å². The molecule has 1 aromatic carbocycles. The molecule has 2 aromatic rings. The molecule has 114 valence electrons. The number of benzene rings is 1. The third kappa shape index (κ3) is 2.99. The maximum atomic E-state index is 12.0. The molecular weight excluding hydrogens is 302 g/mol. The van der Waals surface area contributed by atoms with Crippen molar-refractivity contribution >= 4 is 44.8 Å². The fourth-order valence-corrected chi connectivity index (χ4v) is 3.22. The lowest BCUT2D eigenvalue weighted by Crippen LogP contribution is -2.20. The number of nitrogens with zero attached hydrogens (tertiary/aromatic N) is 2. The summed E-state index contributed by atoms with van der Waals surface area (Å²) in [5.74, 6) is -0.919. The smallest absolute Gasteiger partial charge is 0.326 e. The molecule has 0 bridgehead atoms. The Bertz CT molecular complexity index is 781. The Morgan fingerprint density at radius 3 is 2.95 bits per heavy atom. The van der Waals surface area contributed by atoms with Crippen molar-refractivity contribution in [3.05, 3.63) is 23.2 Å².